The summed E-state index contributed by atoms with van der Waals surface area (Å²) in [5.74, 6) is 0.431. The number of methoxy groups -OCH3 is 1. The van der Waals surface area contributed by atoms with Crippen molar-refractivity contribution in [3.63, 3.8) is 0 Å². The van der Waals surface area contributed by atoms with Crippen molar-refractivity contribution in [2.24, 2.45) is 0 Å². The zero-order valence-corrected chi connectivity index (χ0v) is 14.8. The number of anilines is 2. The molecular weight excluding hydrogens is 347 g/mol. The zero-order valence-electron chi connectivity index (χ0n) is 14.8. The van der Waals surface area contributed by atoms with Crippen LogP contribution in [0.4, 0.5) is 16.0 Å². The van der Waals surface area contributed by atoms with Crippen molar-refractivity contribution in [1.82, 2.24) is 9.97 Å². The van der Waals surface area contributed by atoms with Crippen LogP contribution in [0.15, 0.2) is 60.9 Å². The van der Waals surface area contributed by atoms with Crippen molar-refractivity contribution in [2.45, 2.75) is 6.42 Å². The lowest BCUT2D eigenvalue weighted by Gasteiger charge is -2.07. The van der Waals surface area contributed by atoms with E-state index in [0.29, 0.717) is 18.2 Å². The summed E-state index contributed by atoms with van der Waals surface area (Å²) in [6, 6.07) is 13.5. The average Bonchev–Trinajstić information content (AvgIpc) is 2.69. The Morgan fingerprint density at radius 2 is 1.89 bits per heavy atom. The first kappa shape index (κ1) is 18.3. The first-order valence-corrected chi connectivity index (χ1v) is 8.40. The Morgan fingerprint density at radius 3 is 2.63 bits per heavy atom. The number of carbonyl (C=O) groups excluding carboxylic acids is 1. The SMILES string of the molecule is COc1cccc(CCNc2ncc(C(=O)Nc3cccc(F)c3)cn2)c1. The highest BCUT2D eigenvalue weighted by molar-refractivity contribution is 6.03. The third-order valence-corrected chi connectivity index (χ3v) is 3.83. The molecule has 0 bridgehead atoms. The Morgan fingerprint density at radius 1 is 1.11 bits per heavy atom. The van der Waals surface area contributed by atoms with Gasteiger partial charge in [-0.15, -0.1) is 0 Å². The summed E-state index contributed by atoms with van der Waals surface area (Å²) in [6.45, 7) is 0.641. The normalized spacial score (nSPS) is 10.3. The van der Waals surface area contributed by atoms with Crippen LogP contribution in [0.3, 0.4) is 0 Å². The molecule has 27 heavy (non-hydrogen) atoms. The van der Waals surface area contributed by atoms with Gasteiger partial charge in [0.25, 0.3) is 5.91 Å². The van der Waals surface area contributed by atoms with Crippen molar-refractivity contribution in [2.75, 3.05) is 24.3 Å². The van der Waals surface area contributed by atoms with E-state index in [9.17, 15) is 9.18 Å². The molecule has 3 rings (SSSR count). The minimum Gasteiger partial charge on any atom is -0.497 e. The van der Waals surface area contributed by atoms with E-state index in [1.165, 1.54) is 30.6 Å². The molecule has 0 unspecified atom stereocenters. The second-order valence-electron chi connectivity index (χ2n) is 5.79. The molecule has 0 atom stereocenters. The predicted molar refractivity (Wildman–Crippen MR) is 102 cm³/mol. The predicted octanol–water partition coefficient (Wildman–Crippen LogP) is 3.53. The largest absolute Gasteiger partial charge is 0.497 e. The summed E-state index contributed by atoms with van der Waals surface area (Å²) in [7, 11) is 1.64. The third-order valence-electron chi connectivity index (χ3n) is 3.83. The monoisotopic (exact) mass is 366 g/mol. The first-order valence-electron chi connectivity index (χ1n) is 8.40. The van der Waals surface area contributed by atoms with E-state index >= 15 is 0 Å². The van der Waals surface area contributed by atoms with Gasteiger partial charge in [-0.05, 0) is 42.3 Å². The maximum Gasteiger partial charge on any atom is 0.258 e. The van der Waals surface area contributed by atoms with E-state index < -0.39 is 11.7 Å². The molecule has 0 fully saturated rings. The van der Waals surface area contributed by atoms with Crippen LogP contribution >= 0.6 is 0 Å². The van der Waals surface area contributed by atoms with Crippen LogP contribution in [0.2, 0.25) is 0 Å². The van der Waals surface area contributed by atoms with Crippen molar-refractivity contribution >= 4 is 17.5 Å². The summed E-state index contributed by atoms with van der Waals surface area (Å²) in [5.41, 5.74) is 1.80. The van der Waals surface area contributed by atoms with Crippen molar-refractivity contribution in [1.29, 1.82) is 0 Å². The van der Waals surface area contributed by atoms with Crippen LogP contribution < -0.4 is 15.4 Å². The number of hydrogen-bond acceptors (Lipinski definition) is 5. The number of ether oxygens (including phenoxy) is 1. The highest BCUT2D eigenvalue weighted by atomic mass is 19.1. The summed E-state index contributed by atoms with van der Waals surface area (Å²) in [5, 5.41) is 5.71. The maximum absolute atomic E-state index is 13.2. The van der Waals surface area contributed by atoms with E-state index in [-0.39, 0.29) is 5.56 Å². The van der Waals surface area contributed by atoms with Gasteiger partial charge in [-0.3, -0.25) is 4.79 Å². The Labute approximate surface area is 156 Å². The molecule has 0 spiro atoms. The number of nitrogens with zero attached hydrogens (tertiary/aromatic N) is 2. The number of benzene rings is 2. The minimum atomic E-state index is -0.417. The van der Waals surface area contributed by atoms with Gasteiger partial charge in [0.1, 0.15) is 11.6 Å². The smallest absolute Gasteiger partial charge is 0.258 e. The molecule has 2 N–H and O–H groups in total. The van der Waals surface area contributed by atoms with Gasteiger partial charge in [-0.2, -0.15) is 0 Å². The molecule has 1 aromatic heterocycles. The van der Waals surface area contributed by atoms with Gasteiger partial charge in [0.15, 0.2) is 0 Å². The fourth-order valence-electron chi connectivity index (χ4n) is 2.45. The van der Waals surface area contributed by atoms with Crippen molar-refractivity contribution in [3.8, 4) is 5.75 Å². The second kappa shape index (κ2) is 8.75. The molecule has 0 aliphatic rings. The van der Waals surface area contributed by atoms with Gasteiger partial charge in [-0.1, -0.05) is 18.2 Å². The maximum atomic E-state index is 13.2. The van der Waals surface area contributed by atoms with Crippen LogP contribution in [-0.4, -0.2) is 29.5 Å². The Balaban J connectivity index is 1.53. The number of rotatable bonds is 7. The third kappa shape index (κ3) is 5.24. The number of halogens is 1. The second-order valence-corrected chi connectivity index (χ2v) is 5.79. The van der Waals surface area contributed by atoms with E-state index in [2.05, 4.69) is 20.6 Å². The molecule has 1 heterocycles. The van der Waals surface area contributed by atoms with Gasteiger partial charge in [0, 0.05) is 24.6 Å². The number of nitrogens with one attached hydrogen (secondary N) is 2. The molecule has 1 amide bonds. The lowest BCUT2D eigenvalue weighted by atomic mass is 10.1. The van der Waals surface area contributed by atoms with E-state index in [1.807, 2.05) is 24.3 Å². The van der Waals surface area contributed by atoms with Gasteiger partial charge < -0.3 is 15.4 Å². The molecule has 2 aromatic carbocycles. The van der Waals surface area contributed by atoms with Gasteiger partial charge in [0.2, 0.25) is 5.95 Å². The molecule has 0 radical (unpaired) electrons. The highest BCUT2D eigenvalue weighted by Crippen LogP contribution is 2.13. The van der Waals surface area contributed by atoms with Gasteiger partial charge in [0.05, 0.1) is 12.7 Å². The van der Waals surface area contributed by atoms with Crippen LogP contribution in [0.5, 0.6) is 5.75 Å². The quantitative estimate of drug-likeness (QED) is 0.669. The van der Waals surface area contributed by atoms with E-state index in [1.54, 1.807) is 13.2 Å². The Hall–Kier alpha value is -3.48. The number of aromatic nitrogens is 2. The molecule has 0 saturated heterocycles. The van der Waals surface area contributed by atoms with Crippen LogP contribution in [0.1, 0.15) is 15.9 Å². The molecular formula is C20H19FN4O2. The highest BCUT2D eigenvalue weighted by Gasteiger charge is 2.08. The molecule has 6 nitrogen and oxygen atoms in total. The van der Waals surface area contributed by atoms with Crippen LogP contribution in [-0.2, 0) is 6.42 Å². The molecule has 7 heteroatoms. The molecule has 0 aliphatic carbocycles. The summed E-state index contributed by atoms with van der Waals surface area (Å²) in [4.78, 5) is 20.4. The number of carbonyl (C=O) groups is 1. The summed E-state index contributed by atoms with van der Waals surface area (Å²) in [6.07, 6.45) is 3.63. The zero-order chi connectivity index (χ0) is 19.1. The van der Waals surface area contributed by atoms with Gasteiger partial charge >= 0.3 is 0 Å². The molecule has 0 saturated carbocycles. The summed E-state index contributed by atoms with van der Waals surface area (Å²) >= 11 is 0. The number of amides is 1. The fourth-order valence-corrected chi connectivity index (χ4v) is 2.45. The van der Waals surface area contributed by atoms with Crippen LogP contribution in [0.25, 0.3) is 0 Å². The van der Waals surface area contributed by atoms with Gasteiger partial charge in [-0.25, -0.2) is 14.4 Å². The summed E-state index contributed by atoms with van der Waals surface area (Å²) < 4.78 is 18.4. The van der Waals surface area contributed by atoms with Crippen molar-refractivity contribution in [3.05, 3.63) is 77.9 Å². The molecule has 3 aromatic rings. The van der Waals surface area contributed by atoms with E-state index in [4.69, 9.17) is 4.74 Å². The average molecular weight is 366 g/mol. The van der Waals surface area contributed by atoms with Crippen LogP contribution in [0, 0.1) is 5.82 Å². The number of hydrogen-bond donors (Lipinski definition) is 2. The Bertz CT molecular complexity index is 916. The molecule has 138 valence electrons. The fraction of sp³-hybridized carbons (Fsp3) is 0.150. The van der Waals surface area contributed by atoms with Crippen molar-refractivity contribution < 1.29 is 13.9 Å². The standard InChI is InChI=1S/C20H19FN4O2/c1-27-18-7-2-4-14(10-18)8-9-22-20-23-12-15(13-24-20)19(26)25-17-6-3-5-16(21)11-17/h2-7,10-13H,8-9H2,1H3,(H,25,26)(H,22,23,24). The topological polar surface area (TPSA) is 76.1 Å². The van der Waals surface area contributed by atoms with E-state index in [0.717, 1.165) is 17.7 Å². The minimum absolute atomic E-state index is 0.289. The first-order chi connectivity index (χ1) is 13.1. The molecule has 0 aliphatic heterocycles. The lowest BCUT2D eigenvalue weighted by Crippen LogP contribution is -2.14. The Kier molecular flexibility index (Phi) is 5.94. The lowest BCUT2D eigenvalue weighted by molar-refractivity contribution is 0.102.